The number of anilines is 3. The van der Waals surface area contributed by atoms with Gasteiger partial charge in [0.2, 0.25) is 0 Å². The number of benzene rings is 8. The van der Waals surface area contributed by atoms with Gasteiger partial charge in [0.1, 0.15) is 0 Å². The van der Waals surface area contributed by atoms with Crippen molar-refractivity contribution in [2.45, 2.75) is 19.3 Å². The first-order valence-corrected chi connectivity index (χ1v) is 19.2. The fourth-order valence-electron chi connectivity index (χ4n) is 8.58. The van der Waals surface area contributed by atoms with E-state index in [9.17, 15) is 0 Å². The van der Waals surface area contributed by atoms with Crippen LogP contribution in [0.1, 0.15) is 25.0 Å². The van der Waals surface area contributed by atoms with E-state index in [0.29, 0.717) is 0 Å². The van der Waals surface area contributed by atoms with E-state index in [2.05, 4.69) is 195 Å². The van der Waals surface area contributed by atoms with E-state index in [0.717, 1.165) is 11.4 Å². The Bertz CT molecular complexity index is 2870. The average Bonchev–Trinajstić information content (AvgIpc) is 3.53. The van der Waals surface area contributed by atoms with Gasteiger partial charge >= 0.3 is 0 Å². The van der Waals surface area contributed by atoms with Gasteiger partial charge in [-0.15, -0.1) is 11.3 Å². The summed E-state index contributed by atoms with van der Waals surface area (Å²) in [5, 5.41) is 2.63. The SMILES string of the molecule is CC1(C)c2ccccc2-c2ccc(N(c3ccc(-c4cc5cc-5c4)cc3)c3ccc(-c4ccc5sc6ccc(-c7ccccc7)cc6c5c4)cc3)cc21. The summed E-state index contributed by atoms with van der Waals surface area (Å²) in [6.07, 6.45) is 0. The van der Waals surface area contributed by atoms with Gasteiger partial charge in [0.15, 0.2) is 0 Å². The van der Waals surface area contributed by atoms with Gasteiger partial charge in [-0.05, 0) is 146 Å². The number of nitrogens with zero attached hydrogens (tertiary/aromatic N) is 1. The Balaban J connectivity index is 0.990. The smallest absolute Gasteiger partial charge is 0.0465 e. The summed E-state index contributed by atoms with van der Waals surface area (Å²) in [6, 6.07) is 65.4. The maximum absolute atomic E-state index is 2.42. The highest BCUT2D eigenvalue weighted by Gasteiger charge is 2.35. The quantitative estimate of drug-likeness (QED) is 0.168. The average molecular weight is 694 g/mol. The molecule has 0 atom stereocenters. The Morgan fingerprint density at radius 3 is 1.45 bits per heavy atom. The zero-order valence-corrected chi connectivity index (χ0v) is 30.4. The van der Waals surface area contributed by atoms with Crippen molar-refractivity contribution in [2.75, 3.05) is 4.90 Å². The molecule has 250 valence electrons. The van der Waals surface area contributed by atoms with E-state index < -0.39 is 0 Å². The third-order valence-corrected chi connectivity index (χ3v) is 12.7. The molecular weight excluding hydrogens is 659 g/mol. The van der Waals surface area contributed by atoms with Crippen LogP contribution in [0.4, 0.5) is 17.1 Å². The summed E-state index contributed by atoms with van der Waals surface area (Å²) < 4.78 is 2.64. The summed E-state index contributed by atoms with van der Waals surface area (Å²) >= 11 is 1.87. The molecule has 0 aliphatic heterocycles. The van der Waals surface area contributed by atoms with Gasteiger partial charge in [-0.25, -0.2) is 0 Å². The van der Waals surface area contributed by atoms with Gasteiger partial charge in [0.05, 0.1) is 0 Å². The van der Waals surface area contributed by atoms with E-state index >= 15 is 0 Å². The molecule has 0 saturated carbocycles. The van der Waals surface area contributed by atoms with Gasteiger partial charge in [-0.2, -0.15) is 0 Å². The van der Waals surface area contributed by atoms with Crippen molar-refractivity contribution in [3.8, 4) is 55.6 Å². The minimum atomic E-state index is -0.0777. The monoisotopic (exact) mass is 693 g/mol. The lowest BCUT2D eigenvalue weighted by molar-refractivity contribution is 0.660. The number of hydrogen-bond acceptors (Lipinski definition) is 2. The highest BCUT2D eigenvalue weighted by atomic mass is 32.1. The summed E-state index contributed by atoms with van der Waals surface area (Å²) in [5.41, 5.74) is 19.1. The molecular formula is C51H35NS. The summed E-state index contributed by atoms with van der Waals surface area (Å²) in [5.74, 6) is 0. The molecule has 0 amide bonds. The lowest BCUT2D eigenvalue weighted by atomic mass is 9.82. The fourth-order valence-corrected chi connectivity index (χ4v) is 9.64. The summed E-state index contributed by atoms with van der Waals surface area (Å²) in [4.78, 5) is 2.41. The zero-order chi connectivity index (χ0) is 35.3. The van der Waals surface area contributed by atoms with Gasteiger partial charge in [0, 0.05) is 42.6 Å². The van der Waals surface area contributed by atoms with E-state index in [4.69, 9.17) is 0 Å². The van der Waals surface area contributed by atoms with E-state index in [1.54, 1.807) is 0 Å². The van der Waals surface area contributed by atoms with Crippen LogP contribution in [0.2, 0.25) is 0 Å². The molecule has 0 unspecified atom stereocenters. The molecule has 0 N–H and O–H groups in total. The Morgan fingerprint density at radius 1 is 0.358 bits per heavy atom. The molecule has 0 fully saturated rings. The molecule has 8 aromatic rings. The molecule has 0 bridgehead atoms. The van der Waals surface area contributed by atoms with E-state index in [1.807, 2.05) is 11.3 Å². The third kappa shape index (κ3) is 4.90. The van der Waals surface area contributed by atoms with E-state index in [-0.39, 0.29) is 5.41 Å². The molecule has 0 saturated heterocycles. The first kappa shape index (κ1) is 30.4. The highest BCUT2D eigenvalue weighted by molar-refractivity contribution is 7.25. The molecule has 3 aliphatic rings. The molecule has 1 aromatic heterocycles. The van der Waals surface area contributed by atoms with Crippen LogP contribution in [0, 0.1) is 0 Å². The first-order chi connectivity index (χ1) is 26.0. The summed E-state index contributed by atoms with van der Waals surface area (Å²) in [7, 11) is 0. The highest BCUT2D eigenvalue weighted by Crippen LogP contribution is 2.51. The van der Waals surface area contributed by atoms with Crippen LogP contribution < -0.4 is 4.90 Å². The Kier molecular flexibility index (Phi) is 6.53. The van der Waals surface area contributed by atoms with Crippen molar-refractivity contribution in [3.63, 3.8) is 0 Å². The normalized spacial score (nSPS) is 13.2. The van der Waals surface area contributed by atoms with E-state index in [1.165, 1.54) is 92.6 Å². The van der Waals surface area contributed by atoms with Crippen molar-refractivity contribution >= 4 is 48.6 Å². The lowest BCUT2D eigenvalue weighted by Crippen LogP contribution is -2.16. The van der Waals surface area contributed by atoms with Crippen molar-refractivity contribution < 1.29 is 0 Å². The minimum Gasteiger partial charge on any atom is -0.310 e. The third-order valence-electron chi connectivity index (χ3n) is 11.5. The van der Waals surface area contributed by atoms with Crippen LogP contribution in [-0.4, -0.2) is 0 Å². The number of thiophene rings is 1. The molecule has 7 aromatic carbocycles. The van der Waals surface area contributed by atoms with Crippen molar-refractivity contribution in [1.29, 1.82) is 0 Å². The van der Waals surface area contributed by atoms with Gasteiger partial charge < -0.3 is 4.90 Å². The molecule has 0 radical (unpaired) electrons. The second-order valence-electron chi connectivity index (χ2n) is 15.0. The van der Waals surface area contributed by atoms with Crippen molar-refractivity contribution in [2.24, 2.45) is 0 Å². The lowest BCUT2D eigenvalue weighted by Gasteiger charge is -2.28. The topological polar surface area (TPSA) is 3.24 Å². The summed E-state index contributed by atoms with van der Waals surface area (Å²) in [6.45, 7) is 4.71. The molecule has 2 heteroatoms. The van der Waals surface area contributed by atoms with Crippen molar-refractivity contribution in [1.82, 2.24) is 0 Å². The van der Waals surface area contributed by atoms with Gasteiger partial charge in [-0.3, -0.25) is 0 Å². The number of rotatable bonds is 6. The largest absolute Gasteiger partial charge is 0.310 e. The minimum absolute atomic E-state index is 0.0777. The maximum Gasteiger partial charge on any atom is 0.0465 e. The predicted octanol–water partition coefficient (Wildman–Crippen LogP) is 14.8. The first-order valence-electron chi connectivity index (χ1n) is 18.4. The van der Waals surface area contributed by atoms with Crippen molar-refractivity contribution in [3.05, 3.63) is 187 Å². The van der Waals surface area contributed by atoms with Crippen LogP contribution in [-0.2, 0) is 5.41 Å². The standard InChI is InChI=1S/C51H35NS/c1-51(2)47-11-7-6-10-43(47)44-23-22-42(31-48(44)51)52(41-20-14-34(15-21-41)37-26-38-28-39(38)27-37)40-18-12-33(13-19-40)36-17-25-50-46(30-36)45-29-35(16-24-49(45)53-50)32-8-4-3-5-9-32/h3-31H,1-2H3. The molecule has 0 spiro atoms. The molecule has 11 rings (SSSR count). The van der Waals surface area contributed by atoms with Crippen LogP contribution in [0.3, 0.4) is 0 Å². The number of hydrogen-bond donors (Lipinski definition) is 0. The zero-order valence-electron chi connectivity index (χ0n) is 29.6. The number of fused-ring (bicyclic) bond motifs is 7. The Labute approximate surface area is 314 Å². The van der Waals surface area contributed by atoms with Gasteiger partial charge in [-0.1, -0.05) is 111 Å². The fraction of sp³-hybridized carbons (Fsp3) is 0.0588. The second kappa shape index (κ2) is 11.4. The predicted molar refractivity (Wildman–Crippen MR) is 227 cm³/mol. The second-order valence-corrected chi connectivity index (χ2v) is 16.1. The molecule has 3 aliphatic carbocycles. The van der Waals surface area contributed by atoms with Crippen LogP contribution in [0.5, 0.6) is 0 Å². The molecule has 53 heavy (non-hydrogen) atoms. The van der Waals surface area contributed by atoms with Crippen LogP contribution >= 0.6 is 11.3 Å². The van der Waals surface area contributed by atoms with Crippen LogP contribution in [0.15, 0.2) is 176 Å². The molecule has 1 heterocycles. The Morgan fingerprint density at radius 2 is 0.830 bits per heavy atom. The van der Waals surface area contributed by atoms with Crippen LogP contribution in [0.25, 0.3) is 75.8 Å². The molecule has 1 nitrogen and oxygen atoms in total. The maximum atomic E-state index is 2.42. The Hall–Kier alpha value is -6.22. The van der Waals surface area contributed by atoms with Gasteiger partial charge in [0.25, 0.3) is 0 Å².